The number of fused-ring (bicyclic) bond motifs is 2. The first-order chi connectivity index (χ1) is 14.5. The van der Waals surface area contributed by atoms with Gasteiger partial charge in [-0.3, -0.25) is 19.3 Å². The minimum absolute atomic E-state index is 0.0402. The average Bonchev–Trinajstić information content (AvgIpc) is 3.31. The summed E-state index contributed by atoms with van der Waals surface area (Å²) in [6.45, 7) is 7.85. The number of carbonyl (C=O) groups is 3. The van der Waals surface area contributed by atoms with Gasteiger partial charge in [0.1, 0.15) is 6.04 Å². The number of nitrogens with one attached hydrogen (secondary N) is 1. The summed E-state index contributed by atoms with van der Waals surface area (Å²) in [5.74, 6) is -0.943. The third kappa shape index (κ3) is 5.58. The fourth-order valence-corrected chi connectivity index (χ4v) is 5.48. The van der Waals surface area contributed by atoms with Crippen LogP contribution in [0.4, 0.5) is 0 Å². The summed E-state index contributed by atoms with van der Waals surface area (Å²) in [6.07, 6.45) is 3.22. The maximum absolute atomic E-state index is 13.5. The van der Waals surface area contributed by atoms with Crippen LogP contribution in [0.3, 0.4) is 0 Å². The molecule has 0 aromatic heterocycles. The Morgan fingerprint density at radius 1 is 1.23 bits per heavy atom. The monoisotopic (exact) mass is 439 g/mol. The first kappa shape index (κ1) is 25.6. The third-order valence-electron chi connectivity index (χ3n) is 7.49. The first-order valence-electron chi connectivity index (χ1n) is 11.6. The van der Waals surface area contributed by atoms with Crippen molar-refractivity contribution in [1.29, 1.82) is 0 Å². The average molecular weight is 440 g/mol. The molecule has 31 heavy (non-hydrogen) atoms. The number of nitrogens with zero attached hydrogens (tertiary/aromatic N) is 2. The van der Waals surface area contributed by atoms with Gasteiger partial charge in [-0.15, -0.1) is 0 Å². The molecule has 1 aliphatic heterocycles. The Bertz CT molecular complexity index is 653. The quantitative estimate of drug-likeness (QED) is 0.511. The molecule has 2 N–H and O–H groups in total. The molecule has 0 aromatic rings. The Hall–Kier alpha value is -1.67. The second-order valence-corrected chi connectivity index (χ2v) is 9.76. The number of methoxy groups -OCH3 is 1. The normalized spacial score (nSPS) is 27.0. The molecule has 2 rings (SSSR count). The Balaban J connectivity index is 2.19. The van der Waals surface area contributed by atoms with Crippen LogP contribution in [-0.4, -0.2) is 84.2 Å². The molecule has 2 fully saturated rings. The van der Waals surface area contributed by atoms with Crippen molar-refractivity contribution in [2.24, 2.45) is 17.8 Å². The predicted octanol–water partition coefficient (Wildman–Crippen LogP) is 1.97. The Labute approximate surface area is 186 Å². The number of hydrogen-bond donors (Lipinski definition) is 2. The molecule has 8 nitrogen and oxygen atoms in total. The van der Waals surface area contributed by atoms with Crippen LogP contribution in [-0.2, 0) is 19.1 Å². The molecular weight excluding hydrogens is 398 g/mol. The molecule has 1 saturated carbocycles. The number of hydrogen-bond acceptors (Lipinski definition) is 5. The highest BCUT2D eigenvalue weighted by molar-refractivity contribution is 5.90. The standard InChI is InChI=1S/C23H41N3O5/c1-8-14(4)20(17(31-7)12-18(27)28)26(6)23(30)19(13(2)3)24-22(29)21-15-9-10-16(11-15)25(21)5/h13-17,19-21H,8-12H2,1-7H3,(H,24,29)(H,27,28)/t14-,15-,16+,17+,19-,20-,21-/m0/s1. The van der Waals surface area contributed by atoms with Crippen molar-refractivity contribution in [3.63, 3.8) is 0 Å². The zero-order valence-corrected chi connectivity index (χ0v) is 20.1. The maximum Gasteiger partial charge on any atom is 0.306 e. The Kier molecular flexibility index (Phi) is 8.89. The van der Waals surface area contributed by atoms with E-state index in [-0.39, 0.29) is 36.1 Å². The predicted molar refractivity (Wildman–Crippen MR) is 119 cm³/mol. The van der Waals surface area contributed by atoms with Crippen LogP contribution in [0.2, 0.25) is 0 Å². The van der Waals surface area contributed by atoms with Crippen LogP contribution in [0.5, 0.6) is 0 Å². The highest BCUT2D eigenvalue weighted by Crippen LogP contribution is 2.41. The highest BCUT2D eigenvalue weighted by atomic mass is 16.5. The van der Waals surface area contributed by atoms with Gasteiger partial charge in [-0.05, 0) is 44.1 Å². The van der Waals surface area contributed by atoms with Gasteiger partial charge in [-0.25, -0.2) is 0 Å². The largest absolute Gasteiger partial charge is 0.481 e. The van der Waals surface area contributed by atoms with Crippen molar-refractivity contribution in [1.82, 2.24) is 15.1 Å². The van der Waals surface area contributed by atoms with Gasteiger partial charge in [-0.1, -0.05) is 34.1 Å². The van der Waals surface area contributed by atoms with Crippen LogP contribution in [0.25, 0.3) is 0 Å². The van der Waals surface area contributed by atoms with E-state index in [2.05, 4.69) is 10.2 Å². The number of likely N-dealkylation sites (tertiary alicyclic amines) is 1. The van der Waals surface area contributed by atoms with E-state index in [4.69, 9.17) is 4.74 Å². The number of ether oxygens (including phenoxy) is 1. The number of amides is 2. The van der Waals surface area contributed by atoms with Gasteiger partial charge in [0.05, 0.1) is 24.6 Å². The van der Waals surface area contributed by atoms with E-state index in [1.165, 1.54) is 7.11 Å². The summed E-state index contributed by atoms with van der Waals surface area (Å²) in [5, 5.41) is 12.3. The minimum atomic E-state index is -0.964. The van der Waals surface area contributed by atoms with Gasteiger partial charge in [0, 0.05) is 20.2 Å². The molecular formula is C23H41N3O5. The lowest BCUT2D eigenvalue weighted by molar-refractivity contribution is -0.148. The van der Waals surface area contributed by atoms with E-state index in [0.29, 0.717) is 12.0 Å². The van der Waals surface area contributed by atoms with Crippen molar-refractivity contribution in [2.45, 2.75) is 90.1 Å². The van der Waals surface area contributed by atoms with Crippen molar-refractivity contribution >= 4 is 17.8 Å². The van der Waals surface area contributed by atoms with E-state index in [0.717, 1.165) is 25.7 Å². The lowest BCUT2D eigenvalue weighted by Gasteiger charge is -2.40. The molecule has 0 unspecified atom stereocenters. The zero-order valence-electron chi connectivity index (χ0n) is 20.1. The topological polar surface area (TPSA) is 99.2 Å². The van der Waals surface area contributed by atoms with Gasteiger partial charge in [0.25, 0.3) is 0 Å². The van der Waals surface area contributed by atoms with E-state index < -0.39 is 24.2 Å². The zero-order chi connectivity index (χ0) is 23.5. The van der Waals surface area contributed by atoms with Crippen LogP contribution in [0.1, 0.15) is 59.8 Å². The lowest BCUT2D eigenvalue weighted by Crippen LogP contribution is -2.59. The molecule has 2 aliphatic rings. The van der Waals surface area contributed by atoms with Crippen molar-refractivity contribution in [3.8, 4) is 0 Å². The van der Waals surface area contributed by atoms with Gasteiger partial charge < -0.3 is 20.1 Å². The number of piperidine rings is 1. The smallest absolute Gasteiger partial charge is 0.306 e. The van der Waals surface area contributed by atoms with Crippen LogP contribution in [0.15, 0.2) is 0 Å². The summed E-state index contributed by atoms with van der Waals surface area (Å²) in [5.41, 5.74) is 0. The SMILES string of the molecule is CC[C@H](C)[C@@H]([C@@H](CC(=O)O)OC)N(C)C(=O)[C@@H](NC(=O)[C@@H]1[C@H]2CC[C@H](C2)N1C)C(C)C. The molecule has 1 aliphatic carbocycles. The van der Waals surface area contributed by atoms with Crippen LogP contribution in [0, 0.1) is 17.8 Å². The van der Waals surface area contributed by atoms with Gasteiger partial charge in [-0.2, -0.15) is 0 Å². The summed E-state index contributed by atoms with van der Waals surface area (Å²) < 4.78 is 5.50. The van der Waals surface area contributed by atoms with Crippen molar-refractivity contribution < 1.29 is 24.2 Å². The lowest BCUT2D eigenvalue weighted by atomic mass is 9.90. The first-order valence-corrected chi connectivity index (χ1v) is 11.6. The van der Waals surface area contributed by atoms with E-state index in [1.54, 1.807) is 11.9 Å². The summed E-state index contributed by atoms with van der Waals surface area (Å²) in [4.78, 5) is 41.8. The second kappa shape index (κ2) is 10.8. The number of carboxylic acids is 1. The number of carbonyl (C=O) groups excluding carboxylic acids is 2. The minimum Gasteiger partial charge on any atom is -0.481 e. The summed E-state index contributed by atoms with van der Waals surface area (Å²) in [6, 6.07) is -0.784. The number of rotatable bonds is 11. The molecule has 7 atom stereocenters. The maximum atomic E-state index is 13.5. The molecule has 8 heteroatoms. The van der Waals surface area contributed by atoms with E-state index >= 15 is 0 Å². The number of likely N-dealkylation sites (N-methyl/N-ethyl adjacent to an activating group) is 2. The molecule has 178 valence electrons. The summed E-state index contributed by atoms with van der Waals surface area (Å²) >= 11 is 0. The molecule has 0 aromatic carbocycles. The van der Waals surface area contributed by atoms with E-state index in [1.807, 2.05) is 34.7 Å². The summed E-state index contributed by atoms with van der Waals surface area (Å²) in [7, 11) is 5.17. The van der Waals surface area contributed by atoms with Crippen LogP contribution >= 0.6 is 0 Å². The number of aliphatic carboxylic acids is 1. The fourth-order valence-electron chi connectivity index (χ4n) is 5.48. The molecule has 0 spiro atoms. The Morgan fingerprint density at radius 2 is 1.87 bits per heavy atom. The molecule has 2 bridgehead atoms. The molecule has 1 saturated heterocycles. The fraction of sp³-hybridized carbons (Fsp3) is 0.870. The molecule has 1 heterocycles. The van der Waals surface area contributed by atoms with Gasteiger partial charge in [0.15, 0.2) is 0 Å². The van der Waals surface area contributed by atoms with Crippen LogP contribution < -0.4 is 5.32 Å². The highest BCUT2D eigenvalue weighted by Gasteiger charge is 2.48. The second-order valence-electron chi connectivity index (χ2n) is 9.76. The third-order valence-corrected chi connectivity index (χ3v) is 7.49. The van der Waals surface area contributed by atoms with Crippen molar-refractivity contribution in [3.05, 3.63) is 0 Å². The molecule has 0 radical (unpaired) electrons. The molecule has 2 amide bonds. The Morgan fingerprint density at radius 3 is 2.32 bits per heavy atom. The van der Waals surface area contributed by atoms with Gasteiger partial charge >= 0.3 is 5.97 Å². The van der Waals surface area contributed by atoms with Crippen molar-refractivity contribution in [2.75, 3.05) is 21.2 Å². The van der Waals surface area contributed by atoms with E-state index in [9.17, 15) is 19.5 Å². The number of carboxylic acid groups (broad SMARTS) is 1. The van der Waals surface area contributed by atoms with Gasteiger partial charge in [0.2, 0.25) is 11.8 Å².